The number of carbonyl (C=O) groups is 1. The van der Waals surface area contributed by atoms with Crippen molar-refractivity contribution in [1.82, 2.24) is 24.3 Å². The van der Waals surface area contributed by atoms with Gasteiger partial charge in [0, 0.05) is 42.3 Å². The summed E-state index contributed by atoms with van der Waals surface area (Å²) in [5, 5.41) is 9.96. The lowest BCUT2D eigenvalue weighted by atomic mass is 9.88. The number of hydrogen-bond acceptors (Lipinski definition) is 5. The van der Waals surface area contributed by atoms with Gasteiger partial charge in [-0.1, -0.05) is 4.49 Å². The van der Waals surface area contributed by atoms with Gasteiger partial charge in [0.25, 0.3) is 5.91 Å². The summed E-state index contributed by atoms with van der Waals surface area (Å²) in [4.78, 5) is 14.7. The third kappa shape index (κ3) is 2.07. The summed E-state index contributed by atoms with van der Waals surface area (Å²) in [6, 6.07) is 2.77. The lowest BCUT2D eigenvalue weighted by Crippen LogP contribution is -2.46. The Balaban J connectivity index is 1.57. The minimum absolute atomic E-state index is 0.0553. The Hall–Kier alpha value is -1.76. The molecule has 7 heteroatoms. The molecule has 2 fully saturated rings. The molecule has 2 aliphatic rings. The van der Waals surface area contributed by atoms with Crippen molar-refractivity contribution < 1.29 is 4.79 Å². The van der Waals surface area contributed by atoms with Crippen molar-refractivity contribution in [1.29, 1.82) is 0 Å². The van der Waals surface area contributed by atoms with Crippen LogP contribution in [0.25, 0.3) is 0 Å². The zero-order valence-corrected chi connectivity index (χ0v) is 12.7. The summed E-state index contributed by atoms with van der Waals surface area (Å²) in [6.45, 7) is 0. The number of aromatic nitrogens is 4. The van der Waals surface area contributed by atoms with Crippen LogP contribution in [0.1, 0.15) is 47.8 Å². The van der Waals surface area contributed by atoms with Crippen molar-refractivity contribution in [3.63, 3.8) is 0 Å². The second-order valence-corrected chi connectivity index (χ2v) is 6.55. The van der Waals surface area contributed by atoms with Crippen molar-refractivity contribution in [2.45, 2.75) is 43.7 Å². The Kier molecular flexibility index (Phi) is 3.02. The van der Waals surface area contributed by atoms with Crippen LogP contribution in [0.5, 0.6) is 0 Å². The minimum atomic E-state index is 0.0553. The van der Waals surface area contributed by atoms with Gasteiger partial charge in [-0.05, 0) is 43.3 Å². The van der Waals surface area contributed by atoms with Crippen molar-refractivity contribution in [3.05, 3.63) is 29.0 Å². The van der Waals surface area contributed by atoms with Crippen molar-refractivity contribution in [2.24, 2.45) is 7.05 Å². The zero-order chi connectivity index (χ0) is 14.4. The van der Waals surface area contributed by atoms with Crippen LogP contribution in [-0.2, 0) is 7.05 Å². The number of amides is 1. The number of rotatable bonds is 2. The number of aryl methyl sites for hydroxylation is 1. The van der Waals surface area contributed by atoms with Crippen molar-refractivity contribution in [3.8, 4) is 0 Å². The molecule has 1 amide bonds. The van der Waals surface area contributed by atoms with E-state index in [2.05, 4.69) is 25.7 Å². The monoisotopic (exact) mass is 303 g/mol. The summed E-state index contributed by atoms with van der Waals surface area (Å²) in [7, 11) is 2.00. The van der Waals surface area contributed by atoms with E-state index in [1.165, 1.54) is 17.2 Å². The highest BCUT2D eigenvalue weighted by Gasteiger charge is 2.44. The molecule has 0 N–H and O–H groups in total. The molecule has 110 valence electrons. The molecule has 0 spiro atoms. The molecular formula is C14H17N5OS. The Morgan fingerprint density at radius 3 is 2.67 bits per heavy atom. The first-order valence-corrected chi connectivity index (χ1v) is 8.15. The molecule has 0 aliphatic carbocycles. The fourth-order valence-corrected chi connectivity index (χ4v) is 4.35. The van der Waals surface area contributed by atoms with E-state index < -0.39 is 0 Å². The number of hydrogen-bond donors (Lipinski definition) is 0. The van der Waals surface area contributed by atoms with Gasteiger partial charge in [-0.25, -0.2) is 0 Å². The summed E-state index contributed by atoms with van der Waals surface area (Å²) in [5.41, 5.74) is 1.78. The number of piperidine rings is 1. The molecule has 0 saturated carbocycles. The maximum Gasteiger partial charge on any atom is 0.275 e. The molecule has 0 radical (unpaired) electrons. The third-order valence-corrected chi connectivity index (χ3v) is 5.33. The van der Waals surface area contributed by atoms with E-state index in [9.17, 15) is 4.79 Å². The van der Waals surface area contributed by atoms with Gasteiger partial charge < -0.3 is 4.90 Å². The molecule has 4 rings (SSSR count). The van der Waals surface area contributed by atoms with Crippen LogP contribution in [0.15, 0.2) is 17.6 Å². The maximum atomic E-state index is 12.6. The number of nitrogens with zero attached hydrogens (tertiary/aromatic N) is 5. The van der Waals surface area contributed by atoms with Crippen LogP contribution in [0.4, 0.5) is 0 Å². The van der Waals surface area contributed by atoms with Gasteiger partial charge in [-0.15, -0.1) is 5.10 Å². The van der Waals surface area contributed by atoms with Gasteiger partial charge in [0.2, 0.25) is 0 Å². The van der Waals surface area contributed by atoms with Gasteiger partial charge >= 0.3 is 0 Å². The van der Waals surface area contributed by atoms with Crippen LogP contribution in [-0.4, -0.2) is 42.3 Å². The topological polar surface area (TPSA) is 63.9 Å². The first-order valence-electron chi connectivity index (χ1n) is 7.31. The van der Waals surface area contributed by atoms with Crippen LogP contribution in [0.3, 0.4) is 0 Å². The quantitative estimate of drug-likeness (QED) is 0.849. The first kappa shape index (κ1) is 12.9. The average molecular weight is 303 g/mol. The molecule has 2 bridgehead atoms. The minimum Gasteiger partial charge on any atom is -0.331 e. The van der Waals surface area contributed by atoms with Crippen molar-refractivity contribution >= 4 is 17.4 Å². The van der Waals surface area contributed by atoms with E-state index >= 15 is 0 Å². The highest BCUT2D eigenvalue weighted by atomic mass is 32.1. The molecule has 2 saturated heterocycles. The fourth-order valence-electron chi connectivity index (χ4n) is 3.92. The Labute approximate surface area is 126 Å². The Morgan fingerprint density at radius 2 is 2.10 bits per heavy atom. The second-order valence-electron chi connectivity index (χ2n) is 5.94. The number of carbonyl (C=O) groups excluding carboxylic acids is 1. The van der Waals surface area contributed by atoms with Crippen molar-refractivity contribution in [2.75, 3.05) is 0 Å². The van der Waals surface area contributed by atoms with E-state index in [0.717, 1.165) is 25.7 Å². The molecule has 4 heterocycles. The first-order chi connectivity index (χ1) is 10.2. The fraction of sp³-hybridized carbons (Fsp3) is 0.571. The molecule has 2 atom stereocenters. The van der Waals surface area contributed by atoms with Crippen LogP contribution in [0, 0.1) is 0 Å². The molecular weight excluding hydrogens is 286 g/mol. The summed E-state index contributed by atoms with van der Waals surface area (Å²) >= 11 is 1.24. The standard InChI is InChI=1S/C14H17N5OS/c1-18-13(4-5-15-18)9-6-10-2-3-11(7-9)19(10)14(20)12-8-21-17-16-12/h4-5,8-11H,2-3,6-7H2,1H3. The van der Waals surface area contributed by atoms with Gasteiger partial charge in [0.05, 0.1) is 0 Å². The van der Waals surface area contributed by atoms with Crippen LogP contribution < -0.4 is 0 Å². The van der Waals surface area contributed by atoms with Gasteiger partial charge in [0.1, 0.15) is 0 Å². The molecule has 6 nitrogen and oxygen atoms in total. The smallest absolute Gasteiger partial charge is 0.275 e. The molecule has 21 heavy (non-hydrogen) atoms. The maximum absolute atomic E-state index is 12.6. The van der Waals surface area contributed by atoms with Gasteiger partial charge in [-0.3, -0.25) is 9.48 Å². The van der Waals surface area contributed by atoms with E-state index in [-0.39, 0.29) is 5.91 Å². The summed E-state index contributed by atoms with van der Waals surface area (Å²) in [6.07, 6.45) is 6.11. The zero-order valence-electron chi connectivity index (χ0n) is 11.8. The molecule has 2 unspecified atom stereocenters. The van der Waals surface area contributed by atoms with Gasteiger partial charge in [-0.2, -0.15) is 5.10 Å². The number of fused-ring (bicyclic) bond motifs is 2. The normalized spacial score (nSPS) is 28.0. The average Bonchev–Trinajstić information content (AvgIpc) is 3.19. The second kappa shape index (κ2) is 4.91. The van der Waals surface area contributed by atoms with Crippen LogP contribution >= 0.6 is 11.5 Å². The van der Waals surface area contributed by atoms with E-state index in [1.807, 2.05) is 17.9 Å². The molecule has 2 aromatic rings. The Morgan fingerprint density at radius 1 is 1.33 bits per heavy atom. The van der Waals surface area contributed by atoms with E-state index in [1.54, 1.807) is 5.38 Å². The summed E-state index contributed by atoms with van der Waals surface area (Å²) < 4.78 is 5.77. The molecule has 0 aromatic carbocycles. The van der Waals surface area contributed by atoms with E-state index in [0.29, 0.717) is 23.7 Å². The van der Waals surface area contributed by atoms with Crippen LogP contribution in [0.2, 0.25) is 0 Å². The highest BCUT2D eigenvalue weighted by Crippen LogP contribution is 2.43. The molecule has 2 aromatic heterocycles. The summed E-state index contributed by atoms with van der Waals surface area (Å²) in [5.74, 6) is 0.562. The largest absolute Gasteiger partial charge is 0.331 e. The lowest BCUT2D eigenvalue weighted by Gasteiger charge is -2.38. The highest BCUT2D eigenvalue weighted by molar-refractivity contribution is 7.03. The third-order valence-electron chi connectivity index (χ3n) is 4.82. The Bertz CT molecular complexity index is 638. The lowest BCUT2D eigenvalue weighted by molar-refractivity contribution is 0.0562. The van der Waals surface area contributed by atoms with Gasteiger partial charge in [0.15, 0.2) is 5.69 Å². The van der Waals surface area contributed by atoms with E-state index in [4.69, 9.17) is 0 Å². The SMILES string of the molecule is Cn1nccc1C1CC2CCC(C1)N2C(=O)c1csnn1. The predicted octanol–water partition coefficient (Wildman–Crippen LogP) is 1.82. The molecule has 2 aliphatic heterocycles. The predicted molar refractivity (Wildman–Crippen MR) is 78.1 cm³/mol.